The number of halogens is 2. The number of unbranched alkanes of at least 4 members (excludes halogenated alkanes) is 1. The van der Waals surface area contributed by atoms with Crippen molar-refractivity contribution in [2.75, 3.05) is 19.6 Å². The van der Waals surface area contributed by atoms with Gasteiger partial charge in [-0.3, -0.25) is 19.7 Å². The van der Waals surface area contributed by atoms with E-state index < -0.39 is 11.5 Å². The van der Waals surface area contributed by atoms with Crippen molar-refractivity contribution >= 4 is 40.9 Å². The number of nitrogens with one attached hydrogen (secondary N) is 1. The third-order valence-electron chi connectivity index (χ3n) is 8.19. The zero-order valence-corrected chi connectivity index (χ0v) is 22.7. The smallest absolute Gasteiger partial charge is 0.255 e. The molecule has 1 unspecified atom stereocenters. The molecule has 0 aliphatic carbocycles. The number of nitrogens with zero attached hydrogens (tertiary/aromatic N) is 3. The minimum absolute atomic E-state index is 0.133. The fourth-order valence-electron chi connectivity index (χ4n) is 5.99. The maximum atomic E-state index is 13.0. The Balaban J connectivity index is 1.14. The van der Waals surface area contributed by atoms with Crippen molar-refractivity contribution in [1.82, 2.24) is 15.1 Å². The lowest BCUT2D eigenvalue weighted by Crippen LogP contribution is -2.52. The topological polar surface area (TPSA) is 93.5 Å². The van der Waals surface area contributed by atoms with Gasteiger partial charge >= 0.3 is 0 Å². The SMILES string of the molecule is N#CC1(c2cc(Cl)cc(Cl)c2)CCN(CCCCc2cccc3c2CN(C2CCC(=O)NC2=O)C3=O)CC1. The summed E-state index contributed by atoms with van der Waals surface area (Å²) in [6.45, 7) is 3.04. The van der Waals surface area contributed by atoms with Crippen LogP contribution in [0.5, 0.6) is 0 Å². The fourth-order valence-corrected chi connectivity index (χ4v) is 6.51. The number of benzene rings is 2. The molecule has 2 saturated heterocycles. The highest BCUT2D eigenvalue weighted by atomic mass is 35.5. The standard InChI is InChI=1S/C29H30Cl2N4O3/c30-21-14-20(15-22(31)16-21)29(18-32)9-12-34(13-10-29)11-2-1-4-19-5-3-6-23-24(19)17-35(28(23)38)25-7-8-26(36)33-27(25)37/h3,5-6,14-16,25H,1-2,4,7-13,17H2,(H,33,36,37). The molecule has 2 aromatic rings. The monoisotopic (exact) mass is 552 g/mol. The molecule has 198 valence electrons. The molecule has 1 atom stereocenters. The first-order chi connectivity index (χ1) is 18.3. The number of aryl methyl sites for hydroxylation is 1. The van der Waals surface area contributed by atoms with E-state index in [4.69, 9.17) is 23.2 Å². The van der Waals surface area contributed by atoms with Crippen LogP contribution in [0.2, 0.25) is 10.0 Å². The molecule has 3 aliphatic heterocycles. The first kappa shape index (κ1) is 26.7. The second-order valence-corrected chi connectivity index (χ2v) is 11.4. The number of hydrogen-bond donors (Lipinski definition) is 1. The van der Waals surface area contributed by atoms with Crippen LogP contribution in [0.3, 0.4) is 0 Å². The van der Waals surface area contributed by atoms with Crippen molar-refractivity contribution in [2.45, 2.75) is 62.9 Å². The first-order valence-corrected chi connectivity index (χ1v) is 13.9. The Bertz CT molecular complexity index is 1290. The molecule has 7 nitrogen and oxygen atoms in total. The third kappa shape index (κ3) is 5.31. The minimum atomic E-state index is -0.594. The van der Waals surface area contributed by atoms with Crippen LogP contribution in [0.25, 0.3) is 0 Å². The lowest BCUT2D eigenvalue weighted by atomic mass is 9.74. The summed E-state index contributed by atoms with van der Waals surface area (Å²) in [5.41, 5.74) is 3.15. The van der Waals surface area contributed by atoms with Gasteiger partial charge in [-0.1, -0.05) is 35.3 Å². The molecule has 0 spiro atoms. The molecule has 5 rings (SSSR count). The van der Waals surface area contributed by atoms with Crippen LogP contribution >= 0.6 is 23.2 Å². The lowest BCUT2D eigenvalue weighted by molar-refractivity contribution is -0.136. The van der Waals surface area contributed by atoms with Crippen LogP contribution < -0.4 is 5.32 Å². The van der Waals surface area contributed by atoms with E-state index in [1.54, 1.807) is 11.0 Å². The molecule has 0 aromatic heterocycles. The number of carbonyl (C=O) groups is 3. The van der Waals surface area contributed by atoms with Gasteiger partial charge in [-0.25, -0.2) is 0 Å². The van der Waals surface area contributed by atoms with Crippen LogP contribution in [0.15, 0.2) is 36.4 Å². The van der Waals surface area contributed by atoms with Gasteiger partial charge in [0.25, 0.3) is 5.91 Å². The largest absolute Gasteiger partial charge is 0.322 e. The molecule has 3 heterocycles. The van der Waals surface area contributed by atoms with Crippen molar-refractivity contribution in [3.8, 4) is 6.07 Å². The van der Waals surface area contributed by atoms with Crippen LogP contribution in [0.1, 0.15) is 65.6 Å². The van der Waals surface area contributed by atoms with Gasteiger partial charge in [0.2, 0.25) is 11.8 Å². The number of fused-ring (bicyclic) bond motifs is 1. The Morgan fingerprint density at radius 2 is 1.79 bits per heavy atom. The number of piperidine rings is 2. The van der Waals surface area contributed by atoms with Gasteiger partial charge in [0.15, 0.2) is 0 Å². The second kappa shape index (κ2) is 11.1. The summed E-state index contributed by atoms with van der Waals surface area (Å²) in [6, 6.07) is 13.2. The maximum absolute atomic E-state index is 13.0. The van der Waals surface area contributed by atoms with Gasteiger partial charge in [0.05, 0.1) is 11.5 Å². The molecule has 1 N–H and O–H groups in total. The molecule has 2 fully saturated rings. The Kier molecular flexibility index (Phi) is 7.76. The zero-order valence-electron chi connectivity index (χ0n) is 21.1. The van der Waals surface area contributed by atoms with E-state index in [1.165, 1.54) is 0 Å². The third-order valence-corrected chi connectivity index (χ3v) is 8.62. The normalized spacial score (nSPS) is 21.2. The highest BCUT2D eigenvalue weighted by Gasteiger charge is 2.40. The zero-order chi connectivity index (χ0) is 26.9. The van der Waals surface area contributed by atoms with Gasteiger partial charge in [-0.05, 0) is 99.1 Å². The summed E-state index contributed by atoms with van der Waals surface area (Å²) in [5.74, 6) is -0.798. The van der Waals surface area contributed by atoms with E-state index in [0.717, 1.165) is 68.4 Å². The molecule has 3 aliphatic rings. The van der Waals surface area contributed by atoms with E-state index in [9.17, 15) is 19.6 Å². The second-order valence-electron chi connectivity index (χ2n) is 10.5. The Labute approximate surface area is 232 Å². The molecule has 38 heavy (non-hydrogen) atoms. The molecular formula is C29H30Cl2N4O3. The lowest BCUT2D eigenvalue weighted by Gasteiger charge is -2.37. The number of rotatable bonds is 7. The average molecular weight is 553 g/mol. The van der Waals surface area contributed by atoms with E-state index in [1.807, 2.05) is 24.3 Å². The number of nitriles is 1. The minimum Gasteiger partial charge on any atom is -0.322 e. The predicted molar refractivity (Wildman–Crippen MR) is 145 cm³/mol. The Hall–Kier alpha value is -2.92. The summed E-state index contributed by atoms with van der Waals surface area (Å²) in [4.78, 5) is 40.9. The predicted octanol–water partition coefficient (Wildman–Crippen LogP) is 4.63. The summed E-state index contributed by atoms with van der Waals surface area (Å²) in [5, 5.41) is 13.5. The fraction of sp³-hybridized carbons (Fsp3) is 0.448. The number of likely N-dealkylation sites (tertiary alicyclic amines) is 1. The summed E-state index contributed by atoms with van der Waals surface area (Å²) in [6.07, 6.45) is 4.95. The molecule has 0 bridgehead atoms. The van der Waals surface area contributed by atoms with Crippen LogP contribution in [-0.2, 0) is 28.0 Å². The van der Waals surface area contributed by atoms with E-state index in [0.29, 0.717) is 28.6 Å². The molecule has 2 aromatic carbocycles. The van der Waals surface area contributed by atoms with E-state index in [2.05, 4.69) is 22.4 Å². The quantitative estimate of drug-likeness (QED) is 0.399. The molecule has 3 amide bonds. The molecule has 0 radical (unpaired) electrons. The van der Waals surface area contributed by atoms with Gasteiger partial charge in [0, 0.05) is 28.6 Å². The van der Waals surface area contributed by atoms with Crippen molar-refractivity contribution in [1.29, 1.82) is 5.26 Å². The first-order valence-electron chi connectivity index (χ1n) is 13.2. The van der Waals surface area contributed by atoms with Gasteiger partial charge < -0.3 is 9.80 Å². The van der Waals surface area contributed by atoms with E-state index >= 15 is 0 Å². The Morgan fingerprint density at radius 3 is 2.47 bits per heavy atom. The summed E-state index contributed by atoms with van der Waals surface area (Å²) in [7, 11) is 0. The molecule has 9 heteroatoms. The van der Waals surface area contributed by atoms with Crippen molar-refractivity contribution in [3.63, 3.8) is 0 Å². The number of hydrogen-bond acceptors (Lipinski definition) is 5. The van der Waals surface area contributed by atoms with Crippen molar-refractivity contribution in [2.24, 2.45) is 0 Å². The van der Waals surface area contributed by atoms with Crippen molar-refractivity contribution in [3.05, 3.63) is 68.7 Å². The number of carbonyl (C=O) groups excluding carboxylic acids is 3. The van der Waals surface area contributed by atoms with Crippen LogP contribution in [0, 0.1) is 11.3 Å². The highest BCUT2D eigenvalue weighted by Crippen LogP contribution is 2.38. The molecular weight excluding hydrogens is 523 g/mol. The van der Waals surface area contributed by atoms with Gasteiger partial charge in [-0.15, -0.1) is 0 Å². The van der Waals surface area contributed by atoms with Crippen LogP contribution in [0.4, 0.5) is 0 Å². The van der Waals surface area contributed by atoms with Crippen molar-refractivity contribution < 1.29 is 14.4 Å². The Morgan fingerprint density at radius 1 is 1.05 bits per heavy atom. The number of amides is 3. The van der Waals surface area contributed by atoms with Crippen LogP contribution in [-0.4, -0.2) is 53.2 Å². The number of imide groups is 1. The highest BCUT2D eigenvalue weighted by molar-refractivity contribution is 6.34. The summed E-state index contributed by atoms with van der Waals surface area (Å²) >= 11 is 12.4. The van der Waals surface area contributed by atoms with Gasteiger partial charge in [0.1, 0.15) is 6.04 Å². The van der Waals surface area contributed by atoms with E-state index in [-0.39, 0.29) is 24.1 Å². The summed E-state index contributed by atoms with van der Waals surface area (Å²) < 4.78 is 0. The van der Waals surface area contributed by atoms with Gasteiger partial charge in [-0.2, -0.15) is 5.26 Å². The molecule has 0 saturated carbocycles. The average Bonchev–Trinajstić information content (AvgIpc) is 3.23. The maximum Gasteiger partial charge on any atom is 0.255 e.